The molecule has 21 heavy (non-hydrogen) atoms. The van der Waals surface area contributed by atoms with Crippen LogP contribution in [0.5, 0.6) is 0 Å². The zero-order valence-electron chi connectivity index (χ0n) is 11.6. The van der Waals surface area contributed by atoms with E-state index in [-0.39, 0.29) is 11.6 Å². The third-order valence-corrected chi connectivity index (χ3v) is 4.57. The number of rotatable bonds is 6. The van der Waals surface area contributed by atoms with E-state index in [4.69, 9.17) is 4.52 Å². The van der Waals surface area contributed by atoms with Crippen LogP contribution in [-0.2, 0) is 15.8 Å². The molecule has 0 bridgehead atoms. The van der Waals surface area contributed by atoms with Crippen LogP contribution in [0.25, 0.3) is 0 Å². The maximum atomic E-state index is 12.1. The van der Waals surface area contributed by atoms with Crippen molar-refractivity contribution in [2.24, 2.45) is 0 Å². The number of hydrogen-bond acceptors (Lipinski definition) is 6. The molecule has 1 N–H and O–H groups in total. The second-order valence-electron chi connectivity index (χ2n) is 5.18. The predicted octanol–water partition coefficient (Wildman–Crippen LogP) is 1.52. The molecule has 112 valence electrons. The van der Waals surface area contributed by atoms with Crippen LogP contribution in [-0.4, -0.2) is 23.5 Å². The van der Waals surface area contributed by atoms with Gasteiger partial charge in [-0.3, -0.25) is 4.98 Å². The fourth-order valence-electron chi connectivity index (χ4n) is 2.00. The van der Waals surface area contributed by atoms with Crippen molar-refractivity contribution in [3.63, 3.8) is 0 Å². The minimum atomic E-state index is -3.55. The van der Waals surface area contributed by atoms with E-state index < -0.39 is 16.1 Å². The molecule has 0 radical (unpaired) electrons. The molecule has 7 nitrogen and oxygen atoms in total. The van der Waals surface area contributed by atoms with E-state index in [1.165, 1.54) is 0 Å². The van der Waals surface area contributed by atoms with Gasteiger partial charge in [0, 0.05) is 12.1 Å². The van der Waals surface area contributed by atoms with Gasteiger partial charge in [0.25, 0.3) is 0 Å². The number of aromatic nitrogens is 3. The lowest BCUT2D eigenvalue weighted by atomic mass is 10.2. The average molecular weight is 308 g/mol. The lowest BCUT2D eigenvalue weighted by Crippen LogP contribution is -2.28. The number of pyridine rings is 1. The molecule has 8 heteroatoms. The summed E-state index contributed by atoms with van der Waals surface area (Å²) in [4.78, 5) is 8.25. The SMILES string of the molecule is CC(NS(=O)(=O)Cc1noc(C2CC2)n1)c1ccccn1. The first-order valence-corrected chi connectivity index (χ1v) is 8.42. The van der Waals surface area contributed by atoms with Crippen LogP contribution < -0.4 is 4.72 Å². The van der Waals surface area contributed by atoms with E-state index in [1.54, 1.807) is 25.3 Å². The van der Waals surface area contributed by atoms with Crippen LogP contribution in [0.4, 0.5) is 0 Å². The molecular formula is C13H16N4O3S. The molecule has 0 saturated heterocycles. The molecule has 1 aliphatic rings. The first kappa shape index (κ1) is 14.2. The number of sulfonamides is 1. The van der Waals surface area contributed by atoms with Gasteiger partial charge in [0.05, 0.1) is 11.7 Å². The van der Waals surface area contributed by atoms with Crippen LogP contribution in [0.15, 0.2) is 28.9 Å². The van der Waals surface area contributed by atoms with Crippen LogP contribution in [0.3, 0.4) is 0 Å². The second kappa shape index (κ2) is 5.53. The highest BCUT2D eigenvalue weighted by atomic mass is 32.2. The van der Waals surface area contributed by atoms with Crippen LogP contribution in [0, 0.1) is 0 Å². The Labute approximate surface area is 122 Å². The summed E-state index contributed by atoms with van der Waals surface area (Å²) >= 11 is 0. The topological polar surface area (TPSA) is 98.0 Å². The van der Waals surface area contributed by atoms with Crippen LogP contribution >= 0.6 is 0 Å². The van der Waals surface area contributed by atoms with E-state index in [0.717, 1.165) is 12.8 Å². The molecule has 0 spiro atoms. The highest BCUT2D eigenvalue weighted by Gasteiger charge is 2.30. The molecule has 3 rings (SSSR count). The summed E-state index contributed by atoms with van der Waals surface area (Å²) in [6, 6.07) is 4.95. The molecule has 1 unspecified atom stereocenters. The Morgan fingerprint density at radius 1 is 1.43 bits per heavy atom. The molecular weight excluding hydrogens is 292 g/mol. The van der Waals surface area contributed by atoms with Crippen molar-refractivity contribution in [2.45, 2.75) is 37.5 Å². The van der Waals surface area contributed by atoms with E-state index >= 15 is 0 Å². The Kier molecular flexibility index (Phi) is 3.73. The fourth-order valence-corrected chi connectivity index (χ4v) is 3.20. The fraction of sp³-hybridized carbons (Fsp3) is 0.462. The summed E-state index contributed by atoms with van der Waals surface area (Å²) in [7, 11) is -3.55. The number of nitrogens with one attached hydrogen (secondary N) is 1. The summed E-state index contributed by atoms with van der Waals surface area (Å²) in [6.45, 7) is 1.74. The van der Waals surface area contributed by atoms with Gasteiger partial charge in [0.1, 0.15) is 5.75 Å². The summed E-state index contributed by atoms with van der Waals surface area (Å²) in [5.41, 5.74) is 0.660. The van der Waals surface area contributed by atoms with Crippen molar-refractivity contribution in [2.75, 3.05) is 0 Å². The molecule has 1 saturated carbocycles. The van der Waals surface area contributed by atoms with Gasteiger partial charge in [0.15, 0.2) is 5.82 Å². The van der Waals surface area contributed by atoms with Crippen molar-refractivity contribution >= 4 is 10.0 Å². The zero-order chi connectivity index (χ0) is 14.9. The lowest BCUT2D eigenvalue weighted by Gasteiger charge is -2.12. The first-order valence-electron chi connectivity index (χ1n) is 6.77. The predicted molar refractivity (Wildman–Crippen MR) is 74.7 cm³/mol. The molecule has 1 aliphatic carbocycles. The standard InChI is InChI=1S/C13H16N4O3S/c1-9(11-4-2-3-7-14-11)17-21(18,19)8-12-15-13(20-16-12)10-5-6-10/h2-4,7,9-10,17H,5-6,8H2,1H3. The molecule has 2 heterocycles. The Hall–Kier alpha value is -1.80. The summed E-state index contributed by atoms with van der Waals surface area (Å²) < 4.78 is 31.9. The van der Waals surface area contributed by atoms with Crippen molar-refractivity contribution in [1.29, 1.82) is 0 Å². The maximum absolute atomic E-state index is 12.1. The van der Waals surface area contributed by atoms with E-state index in [1.807, 2.05) is 6.07 Å². The molecule has 0 aromatic carbocycles. The smallest absolute Gasteiger partial charge is 0.229 e. The minimum Gasteiger partial charge on any atom is -0.339 e. The number of hydrogen-bond donors (Lipinski definition) is 1. The third kappa shape index (κ3) is 3.64. The Bertz CT molecular complexity index is 710. The van der Waals surface area contributed by atoms with Crippen LogP contribution in [0.1, 0.15) is 49.1 Å². The molecule has 0 amide bonds. The van der Waals surface area contributed by atoms with Crippen molar-refractivity contribution < 1.29 is 12.9 Å². The van der Waals surface area contributed by atoms with E-state index in [2.05, 4.69) is 19.8 Å². The lowest BCUT2D eigenvalue weighted by molar-refractivity contribution is 0.375. The molecule has 2 aromatic heterocycles. The van der Waals surface area contributed by atoms with Gasteiger partial charge in [-0.15, -0.1) is 0 Å². The minimum absolute atomic E-state index is 0.192. The van der Waals surface area contributed by atoms with Gasteiger partial charge in [-0.2, -0.15) is 4.98 Å². The van der Waals surface area contributed by atoms with Crippen molar-refractivity contribution in [3.8, 4) is 0 Å². The summed E-state index contributed by atoms with van der Waals surface area (Å²) in [6.07, 6.45) is 3.69. The third-order valence-electron chi connectivity index (χ3n) is 3.22. The van der Waals surface area contributed by atoms with Crippen molar-refractivity contribution in [3.05, 3.63) is 41.8 Å². The maximum Gasteiger partial charge on any atom is 0.229 e. The van der Waals surface area contributed by atoms with Gasteiger partial charge in [0.2, 0.25) is 15.9 Å². The monoisotopic (exact) mass is 308 g/mol. The Morgan fingerprint density at radius 3 is 2.90 bits per heavy atom. The summed E-state index contributed by atoms with van der Waals surface area (Å²) in [5.74, 6) is 0.755. The quantitative estimate of drug-likeness (QED) is 0.869. The Balaban J connectivity index is 1.65. The largest absolute Gasteiger partial charge is 0.339 e. The normalized spacial score (nSPS) is 16.8. The van der Waals surface area contributed by atoms with E-state index in [0.29, 0.717) is 17.5 Å². The molecule has 1 fully saturated rings. The van der Waals surface area contributed by atoms with Gasteiger partial charge in [-0.25, -0.2) is 13.1 Å². The average Bonchev–Trinajstić information content (AvgIpc) is 3.20. The van der Waals surface area contributed by atoms with Gasteiger partial charge in [-0.05, 0) is 31.9 Å². The summed E-state index contributed by atoms with van der Waals surface area (Å²) in [5, 5.41) is 3.72. The van der Waals surface area contributed by atoms with Gasteiger partial charge < -0.3 is 4.52 Å². The first-order chi connectivity index (χ1) is 10.0. The molecule has 1 atom stereocenters. The van der Waals surface area contributed by atoms with Gasteiger partial charge in [-0.1, -0.05) is 11.2 Å². The molecule has 2 aromatic rings. The van der Waals surface area contributed by atoms with Crippen LogP contribution in [0.2, 0.25) is 0 Å². The highest BCUT2D eigenvalue weighted by Crippen LogP contribution is 2.38. The zero-order valence-corrected chi connectivity index (χ0v) is 12.4. The Morgan fingerprint density at radius 2 is 2.24 bits per heavy atom. The van der Waals surface area contributed by atoms with E-state index in [9.17, 15) is 8.42 Å². The number of nitrogens with zero attached hydrogens (tertiary/aromatic N) is 3. The van der Waals surface area contributed by atoms with Crippen molar-refractivity contribution in [1.82, 2.24) is 19.8 Å². The second-order valence-corrected chi connectivity index (χ2v) is 6.93. The highest BCUT2D eigenvalue weighted by molar-refractivity contribution is 7.88. The molecule has 0 aliphatic heterocycles. The van der Waals surface area contributed by atoms with Gasteiger partial charge >= 0.3 is 0 Å².